The van der Waals surface area contributed by atoms with E-state index in [1.54, 1.807) is 30.5 Å². The fourth-order valence-electron chi connectivity index (χ4n) is 3.27. The molecule has 182 valence electrons. The SMILES string of the molecule is Cc1cc(Oc2nc3c(C)cccn3c(=O)c2/C=C(\C#N)C(=O)NCCCOC(C)C)ccc1Cl. The first kappa shape index (κ1) is 25.9. The van der Waals surface area contributed by atoms with Crippen LogP contribution in [0.1, 0.15) is 37.0 Å². The average molecular weight is 495 g/mol. The van der Waals surface area contributed by atoms with Gasteiger partial charge in [-0.3, -0.25) is 14.0 Å². The highest BCUT2D eigenvalue weighted by Crippen LogP contribution is 2.27. The molecule has 9 heteroatoms. The Labute approximate surface area is 208 Å². The molecule has 0 saturated carbocycles. The number of hydrogen-bond donors (Lipinski definition) is 1. The second kappa shape index (κ2) is 11.6. The second-order valence-electron chi connectivity index (χ2n) is 8.23. The van der Waals surface area contributed by atoms with Gasteiger partial charge in [-0.25, -0.2) is 0 Å². The van der Waals surface area contributed by atoms with Gasteiger partial charge in [0, 0.05) is 24.4 Å². The van der Waals surface area contributed by atoms with E-state index in [0.29, 0.717) is 36.0 Å². The van der Waals surface area contributed by atoms with Gasteiger partial charge in [-0.05, 0) is 75.6 Å². The lowest BCUT2D eigenvalue weighted by atomic mass is 10.1. The molecule has 0 atom stereocenters. The number of benzene rings is 1. The van der Waals surface area contributed by atoms with Crippen molar-refractivity contribution in [2.75, 3.05) is 13.2 Å². The molecule has 1 N–H and O–H groups in total. The highest BCUT2D eigenvalue weighted by Gasteiger charge is 2.18. The maximum Gasteiger partial charge on any atom is 0.269 e. The standard InChI is InChI=1S/C26H27ClN4O4/c1-16(2)34-12-6-10-29-24(32)19(15-28)14-21-25(35-20-8-9-22(27)18(4)13-20)30-23-17(3)7-5-11-31(23)26(21)33/h5,7-9,11,13-14,16H,6,10,12H2,1-4H3,(H,29,32)/b19-14+. The molecule has 0 bridgehead atoms. The van der Waals surface area contributed by atoms with Crippen LogP contribution in [-0.4, -0.2) is 34.5 Å². The highest BCUT2D eigenvalue weighted by atomic mass is 35.5. The predicted octanol–water partition coefficient (Wildman–Crippen LogP) is 4.60. The van der Waals surface area contributed by atoms with Crippen LogP contribution in [0.25, 0.3) is 11.7 Å². The summed E-state index contributed by atoms with van der Waals surface area (Å²) in [7, 11) is 0. The molecule has 2 heterocycles. The minimum absolute atomic E-state index is 0.0168. The third-order valence-corrected chi connectivity index (χ3v) is 5.53. The van der Waals surface area contributed by atoms with Gasteiger partial charge >= 0.3 is 0 Å². The zero-order chi connectivity index (χ0) is 25.5. The van der Waals surface area contributed by atoms with Gasteiger partial charge in [-0.15, -0.1) is 0 Å². The van der Waals surface area contributed by atoms with Gasteiger partial charge in [0.1, 0.15) is 28.6 Å². The Hall–Kier alpha value is -3.67. The normalized spacial score (nSPS) is 11.5. The number of carbonyl (C=O) groups excluding carboxylic acids is 1. The van der Waals surface area contributed by atoms with E-state index in [2.05, 4.69) is 10.3 Å². The summed E-state index contributed by atoms with van der Waals surface area (Å²) >= 11 is 6.12. The molecule has 8 nitrogen and oxygen atoms in total. The number of nitrogens with one attached hydrogen (secondary N) is 1. The third kappa shape index (κ3) is 6.47. The molecular weight excluding hydrogens is 468 g/mol. The maximum absolute atomic E-state index is 13.4. The van der Waals surface area contributed by atoms with E-state index in [-0.39, 0.29) is 23.1 Å². The number of ether oxygens (including phenoxy) is 2. The Morgan fingerprint density at radius 3 is 2.74 bits per heavy atom. The van der Waals surface area contributed by atoms with Gasteiger partial charge in [-0.2, -0.15) is 10.2 Å². The molecule has 0 unspecified atom stereocenters. The first-order valence-corrected chi connectivity index (χ1v) is 11.6. The topological polar surface area (TPSA) is 106 Å². The molecule has 1 amide bonds. The fourth-order valence-corrected chi connectivity index (χ4v) is 3.38. The second-order valence-corrected chi connectivity index (χ2v) is 8.64. The smallest absolute Gasteiger partial charge is 0.269 e. The van der Waals surface area contributed by atoms with Gasteiger partial charge in [0.25, 0.3) is 11.5 Å². The Morgan fingerprint density at radius 2 is 2.06 bits per heavy atom. The van der Waals surface area contributed by atoms with Gasteiger partial charge < -0.3 is 14.8 Å². The lowest BCUT2D eigenvalue weighted by Crippen LogP contribution is -2.27. The zero-order valence-electron chi connectivity index (χ0n) is 20.1. The van der Waals surface area contributed by atoms with Gasteiger partial charge in [0.2, 0.25) is 5.88 Å². The first-order valence-electron chi connectivity index (χ1n) is 11.2. The van der Waals surface area contributed by atoms with Crippen molar-refractivity contribution in [3.8, 4) is 17.7 Å². The van der Waals surface area contributed by atoms with Crippen LogP contribution in [0.2, 0.25) is 5.02 Å². The van der Waals surface area contributed by atoms with E-state index in [1.807, 2.05) is 39.8 Å². The van der Waals surface area contributed by atoms with Crippen molar-refractivity contribution < 1.29 is 14.3 Å². The number of nitrogens with zero attached hydrogens (tertiary/aromatic N) is 3. The third-order valence-electron chi connectivity index (χ3n) is 5.10. The molecule has 0 spiro atoms. The molecule has 35 heavy (non-hydrogen) atoms. The summed E-state index contributed by atoms with van der Waals surface area (Å²) in [5.41, 5.74) is 1.23. The summed E-state index contributed by atoms with van der Waals surface area (Å²) in [6.07, 6.45) is 3.47. The summed E-state index contributed by atoms with van der Waals surface area (Å²) in [5, 5.41) is 12.9. The minimum Gasteiger partial charge on any atom is -0.438 e. The Morgan fingerprint density at radius 1 is 1.29 bits per heavy atom. The van der Waals surface area contributed by atoms with Crippen LogP contribution in [0.3, 0.4) is 0 Å². The lowest BCUT2D eigenvalue weighted by Gasteiger charge is -2.12. The van der Waals surface area contributed by atoms with E-state index in [9.17, 15) is 14.9 Å². The van der Waals surface area contributed by atoms with Crippen LogP contribution in [0, 0.1) is 25.2 Å². The van der Waals surface area contributed by atoms with Crippen molar-refractivity contribution >= 4 is 29.2 Å². The minimum atomic E-state index is -0.598. The van der Waals surface area contributed by atoms with Crippen molar-refractivity contribution in [2.45, 2.75) is 40.2 Å². The Balaban J connectivity index is 2.00. The number of aromatic nitrogens is 2. The van der Waals surface area contributed by atoms with Crippen LogP contribution in [-0.2, 0) is 9.53 Å². The van der Waals surface area contributed by atoms with Crippen LogP contribution in [0.4, 0.5) is 0 Å². The van der Waals surface area contributed by atoms with Gasteiger partial charge in [0.15, 0.2) is 0 Å². The molecular formula is C26H27ClN4O4. The number of nitriles is 1. The lowest BCUT2D eigenvalue weighted by molar-refractivity contribution is -0.117. The molecule has 0 aliphatic rings. The van der Waals surface area contributed by atoms with Crippen molar-refractivity contribution in [3.63, 3.8) is 0 Å². The summed E-state index contributed by atoms with van der Waals surface area (Å²) in [4.78, 5) is 30.5. The maximum atomic E-state index is 13.4. The van der Waals surface area contributed by atoms with Gasteiger partial charge in [-0.1, -0.05) is 17.7 Å². The summed E-state index contributed by atoms with van der Waals surface area (Å²) in [6, 6.07) is 10.5. The molecule has 2 aromatic heterocycles. The number of fused-ring (bicyclic) bond motifs is 1. The number of pyridine rings is 1. The van der Waals surface area contributed by atoms with E-state index < -0.39 is 11.5 Å². The number of aryl methyl sites for hydroxylation is 2. The molecule has 3 aromatic rings. The number of halogens is 1. The highest BCUT2D eigenvalue weighted by molar-refractivity contribution is 6.31. The Kier molecular flexibility index (Phi) is 8.63. The van der Waals surface area contributed by atoms with Crippen molar-refractivity contribution in [2.24, 2.45) is 0 Å². The Bertz CT molecular complexity index is 1370. The van der Waals surface area contributed by atoms with Crippen LogP contribution >= 0.6 is 11.6 Å². The van der Waals surface area contributed by atoms with E-state index >= 15 is 0 Å². The summed E-state index contributed by atoms with van der Waals surface area (Å²) in [6.45, 7) is 8.32. The van der Waals surface area contributed by atoms with E-state index in [4.69, 9.17) is 21.1 Å². The molecule has 0 fully saturated rings. The summed E-state index contributed by atoms with van der Waals surface area (Å²) < 4.78 is 12.8. The van der Waals surface area contributed by atoms with Crippen LogP contribution < -0.4 is 15.6 Å². The fraction of sp³-hybridized carbons (Fsp3) is 0.308. The molecule has 0 saturated heterocycles. The molecule has 0 aliphatic heterocycles. The number of rotatable bonds is 9. The summed E-state index contributed by atoms with van der Waals surface area (Å²) in [5.74, 6) is -0.199. The van der Waals surface area contributed by atoms with E-state index in [1.165, 1.54) is 10.5 Å². The van der Waals surface area contributed by atoms with Crippen molar-refractivity contribution in [3.05, 3.63) is 74.2 Å². The molecule has 3 rings (SSSR count). The zero-order valence-corrected chi connectivity index (χ0v) is 20.8. The van der Waals surface area contributed by atoms with Gasteiger partial charge in [0.05, 0.1) is 6.10 Å². The molecule has 1 aromatic carbocycles. The van der Waals surface area contributed by atoms with E-state index in [0.717, 1.165) is 11.1 Å². The number of amides is 1. The molecule has 0 aliphatic carbocycles. The van der Waals surface area contributed by atoms with Crippen molar-refractivity contribution in [1.82, 2.24) is 14.7 Å². The first-order chi connectivity index (χ1) is 16.7. The number of hydrogen-bond acceptors (Lipinski definition) is 6. The average Bonchev–Trinajstić information content (AvgIpc) is 2.81. The monoisotopic (exact) mass is 494 g/mol. The largest absolute Gasteiger partial charge is 0.438 e. The molecule has 0 radical (unpaired) electrons. The number of carbonyl (C=O) groups is 1. The van der Waals surface area contributed by atoms with Crippen molar-refractivity contribution in [1.29, 1.82) is 5.26 Å². The van der Waals surface area contributed by atoms with Crippen LogP contribution in [0.15, 0.2) is 46.9 Å². The predicted molar refractivity (Wildman–Crippen MR) is 135 cm³/mol. The quantitative estimate of drug-likeness (QED) is 0.265. The van der Waals surface area contributed by atoms with Crippen LogP contribution in [0.5, 0.6) is 11.6 Å².